The molecule has 8 heteroatoms. The number of pyridine rings is 1. The Bertz CT molecular complexity index is 1080. The number of amides is 2. The van der Waals surface area contributed by atoms with Crippen molar-refractivity contribution in [2.24, 2.45) is 11.7 Å². The number of halogens is 1. The monoisotopic (exact) mass is 411 g/mol. The zero-order valence-electron chi connectivity index (χ0n) is 16.5. The maximum absolute atomic E-state index is 13.6. The number of primary amides is 1. The van der Waals surface area contributed by atoms with Gasteiger partial charge in [-0.3, -0.25) is 14.4 Å². The molecule has 0 spiro atoms. The summed E-state index contributed by atoms with van der Waals surface area (Å²) in [7, 11) is 0. The van der Waals surface area contributed by atoms with Crippen molar-refractivity contribution in [2.45, 2.75) is 25.6 Å². The number of rotatable bonds is 5. The number of fused-ring (bicyclic) bond motifs is 4. The zero-order chi connectivity index (χ0) is 21.4. The molecule has 0 unspecified atom stereocenters. The number of alkyl halides is 1. The molecule has 7 nitrogen and oxygen atoms in total. The number of ether oxygens (including phenoxy) is 1. The van der Waals surface area contributed by atoms with Gasteiger partial charge in [-0.25, -0.2) is 4.39 Å². The van der Waals surface area contributed by atoms with Crippen molar-refractivity contribution < 1.29 is 18.7 Å². The Morgan fingerprint density at radius 3 is 2.63 bits per heavy atom. The molecule has 0 radical (unpaired) electrons. The van der Waals surface area contributed by atoms with Crippen LogP contribution in [0.3, 0.4) is 0 Å². The fourth-order valence-electron chi connectivity index (χ4n) is 4.00. The molecule has 0 saturated carbocycles. The minimum atomic E-state index is -0.895. The Hall–Kier alpha value is -3.42. The topological polar surface area (TPSA) is 94.6 Å². The van der Waals surface area contributed by atoms with Gasteiger partial charge in [0, 0.05) is 12.7 Å². The Morgan fingerprint density at radius 1 is 1.23 bits per heavy atom. The number of hydrogen-bond acceptors (Lipinski definition) is 4. The average molecular weight is 411 g/mol. The van der Waals surface area contributed by atoms with Gasteiger partial charge in [-0.2, -0.15) is 0 Å². The maximum Gasteiger partial charge on any atom is 0.275 e. The second kappa shape index (κ2) is 7.78. The van der Waals surface area contributed by atoms with E-state index in [2.05, 4.69) is 0 Å². The fourth-order valence-corrected chi connectivity index (χ4v) is 4.00. The molecular weight excluding hydrogens is 389 g/mol. The number of nitrogens with two attached hydrogens (primary N) is 1. The van der Waals surface area contributed by atoms with Gasteiger partial charge in [0.05, 0.1) is 12.1 Å². The predicted octanol–water partition coefficient (Wildman–Crippen LogP) is 2.07. The lowest BCUT2D eigenvalue weighted by Gasteiger charge is -2.39. The van der Waals surface area contributed by atoms with Crippen molar-refractivity contribution in [3.05, 3.63) is 75.7 Å². The highest BCUT2D eigenvalue weighted by atomic mass is 19.1. The third-order valence-electron chi connectivity index (χ3n) is 5.69. The molecule has 1 aromatic carbocycles. The molecule has 2 N–H and O–H groups in total. The highest BCUT2D eigenvalue weighted by molar-refractivity contribution is 5.99. The predicted molar refractivity (Wildman–Crippen MR) is 108 cm³/mol. The van der Waals surface area contributed by atoms with E-state index in [0.717, 1.165) is 5.56 Å². The van der Waals surface area contributed by atoms with E-state index >= 15 is 0 Å². The first-order valence-corrected chi connectivity index (χ1v) is 9.73. The van der Waals surface area contributed by atoms with Crippen LogP contribution in [0.1, 0.15) is 39.4 Å². The van der Waals surface area contributed by atoms with Gasteiger partial charge in [-0.15, -0.1) is 0 Å². The van der Waals surface area contributed by atoms with Gasteiger partial charge >= 0.3 is 0 Å². The van der Waals surface area contributed by atoms with E-state index in [1.165, 1.54) is 11.1 Å². The standard InChI is InChI=1S/C22H22FN3O4/c1-13-7-8-15(9-23)25-11-17(13)26-10-16(21(24)28)19(27)20(18(26)22(25)29)30-12-14-5-3-2-4-6-14/h2-8,10,13,15,17H,9,11-12H2,1H3,(H2,24,28)/t13-,15-,17-/m1/s1. The zero-order valence-corrected chi connectivity index (χ0v) is 16.5. The van der Waals surface area contributed by atoms with E-state index < -0.39 is 30.0 Å². The lowest BCUT2D eigenvalue weighted by molar-refractivity contribution is 0.0571. The number of hydrogen-bond donors (Lipinski definition) is 1. The highest BCUT2D eigenvalue weighted by Crippen LogP contribution is 2.35. The molecule has 1 aromatic heterocycles. The number of aromatic nitrogens is 1. The van der Waals surface area contributed by atoms with Gasteiger partial charge in [-0.1, -0.05) is 49.4 Å². The van der Waals surface area contributed by atoms with Gasteiger partial charge in [0.15, 0.2) is 11.4 Å². The Morgan fingerprint density at radius 2 is 1.97 bits per heavy atom. The summed E-state index contributed by atoms with van der Waals surface area (Å²) in [5.74, 6) is -1.71. The van der Waals surface area contributed by atoms with Crippen molar-refractivity contribution in [3.63, 3.8) is 0 Å². The molecule has 30 heavy (non-hydrogen) atoms. The number of carbonyl (C=O) groups excluding carboxylic acids is 2. The largest absolute Gasteiger partial charge is 0.483 e. The van der Waals surface area contributed by atoms with Crippen LogP contribution in [0.25, 0.3) is 0 Å². The van der Waals surface area contributed by atoms with Crippen molar-refractivity contribution in [3.8, 4) is 5.75 Å². The van der Waals surface area contributed by atoms with Gasteiger partial charge in [0.25, 0.3) is 11.8 Å². The van der Waals surface area contributed by atoms with Gasteiger partial charge < -0.3 is 19.9 Å². The lowest BCUT2D eigenvalue weighted by atomic mass is 9.98. The van der Waals surface area contributed by atoms with Crippen LogP contribution in [0, 0.1) is 5.92 Å². The molecule has 0 aliphatic carbocycles. The van der Waals surface area contributed by atoms with E-state index in [1.54, 1.807) is 10.6 Å². The van der Waals surface area contributed by atoms with Crippen LogP contribution in [-0.2, 0) is 6.61 Å². The first-order valence-electron chi connectivity index (χ1n) is 9.73. The molecule has 2 aliphatic rings. The molecule has 2 bridgehead atoms. The first kappa shape index (κ1) is 19.9. The molecule has 2 aliphatic heterocycles. The minimum Gasteiger partial charge on any atom is -0.483 e. The van der Waals surface area contributed by atoms with Gasteiger partial charge in [0.2, 0.25) is 5.43 Å². The second-order valence-electron chi connectivity index (χ2n) is 7.59. The Labute approximate surface area is 172 Å². The Balaban J connectivity index is 1.88. The summed E-state index contributed by atoms with van der Waals surface area (Å²) in [6.07, 6.45) is 4.85. The van der Waals surface area contributed by atoms with Crippen LogP contribution in [0.15, 0.2) is 53.5 Å². The fraction of sp³-hybridized carbons (Fsp3) is 0.318. The number of carbonyl (C=O) groups is 2. The van der Waals surface area contributed by atoms with Crippen LogP contribution in [0.2, 0.25) is 0 Å². The molecule has 2 aromatic rings. The highest BCUT2D eigenvalue weighted by Gasteiger charge is 2.41. The normalized spacial score (nSPS) is 22.4. The summed E-state index contributed by atoms with van der Waals surface area (Å²) in [6.45, 7) is 1.49. The van der Waals surface area contributed by atoms with Crippen LogP contribution in [0.5, 0.6) is 5.75 Å². The number of nitrogens with zero attached hydrogens (tertiary/aromatic N) is 2. The van der Waals surface area contributed by atoms with Crippen molar-refractivity contribution in [2.75, 3.05) is 13.2 Å². The molecule has 2 amide bonds. The molecule has 3 atom stereocenters. The number of benzene rings is 1. The van der Waals surface area contributed by atoms with E-state index in [-0.39, 0.29) is 42.1 Å². The number of allylic oxidation sites excluding steroid dienone is 1. The van der Waals surface area contributed by atoms with Gasteiger partial charge in [0.1, 0.15) is 18.8 Å². The van der Waals surface area contributed by atoms with Crippen LogP contribution in [0.4, 0.5) is 4.39 Å². The molecule has 0 saturated heterocycles. The lowest BCUT2D eigenvalue weighted by Crippen LogP contribution is -2.50. The summed E-state index contributed by atoms with van der Waals surface area (Å²) in [6, 6.07) is 8.13. The summed E-state index contributed by atoms with van der Waals surface area (Å²) in [5.41, 5.74) is 5.25. The van der Waals surface area contributed by atoms with E-state index in [9.17, 15) is 18.8 Å². The van der Waals surface area contributed by atoms with E-state index in [1.807, 2.05) is 43.3 Å². The molecule has 0 fully saturated rings. The van der Waals surface area contributed by atoms with E-state index in [0.29, 0.717) is 0 Å². The second-order valence-corrected chi connectivity index (χ2v) is 7.59. The third kappa shape index (κ3) is 3.28. The van der Waals surface area contributed by atoms with Gasteiger partial charge in [-0.05, 0) is 11.5 Å². The Kier molecular flexibility index (Phi) is 5.15. The average Bonchev–Trinajstić information content (AvgIpc) is 2.89. The van der Waals surface area contributed by atoms with Crippen LogP contribution >= 0.6 is 0 Å². The molecule has 3 heterocycles. The summed E-state index contributed by atoms with van der Waals surface area (Å²) < 4.78 is 21.0. The van der Waals surface area contributed by atoms with Crippen molar-refractivity contribution in [1.29, 1.82) is 0 Å². The SMILES string of the molecule is C[C@@H]1C=C[C@H](CF)N2C[C@H]1n1cc(C(N)=O)c(=O)c(OCc3ccccc3)c1C2=O. The minimum absolute atomic E-state index is 0.0196. The summed E-state index contributed by atoms with van der Waals surface area (Å²) in [5, 5.41) is 0. The third-order valence-corrected chi connectivity index (χ3v) is 5.69. The summed E-state index contributed by atoms with van der Waals surface area (Å²) >= 11 is 0. The van der Waals surface area contributed by atoms with Crippen molar-refractivity contribution in [1.82, 2.24) is 9.47 Å². The van der Waals surface area contributed by atoms with Crippen molar-refractivity contribution >= 4 is 11.8 Å². The van der Waals surface area contributed by atoms with Crippen LogP contribution < -0.4 is 15.9 Å². The van der Waals surface area contributed by atoms with Crippen LogP contribution in [-0.4, -0.2) is 40.5 Å². The molecular formula is C22H22FN3O4. The molecule has 156 valence electrons. The first-order chi connectivity index (χ1) is 14.4. The maximum atomic E-state index is 13.6. The molecule has 4 rings (SSSR count). The van der Waals surface area contributed by atoms with E-state index in [4.69, 9.17) is 10.5 Å². The smallest absolute Gasteiger partial charge is 0.275 e. The summed E-state index contributed by atoms with van der Waals surface area (Å²) in [4.78, 5) is 39.6. The quantitative estimate of drug-likeness (QED) is 0.762.